The van der Waals surface area contributed by atoms with Crippen LogP contribution in [0, 0.1) is 0 Å². The summed E-state index contributed by atoms with van der Waals surface area (Å²) < 4.78 is 0.340. The van der Waals surface area contributed by atoms with Crippen molar-refractivity contribution in [2.75, 3.05) is 0 Å². The maximum atomic E-state index is 3.59. The van der Waals surface area contributed by atoms with Gasteiger partial charge >= 0.3 is 252 Å². The third kappa shape index (κ3) is 8.81. The van der Waals surface area contributed by atoms with Crippen LogP contribution in [0.2, 0.25) is 118 Å². The topological polar surface area (TPSA) is 0 Å². The van der Waals surface area contributed by atoms with Crippen molar-refractivity contribution in [3.63, 3.8) is 0 Å². The van der Waals surface area contributed by atoms with Crippen molar-refractivity contribution in [1.29, 1.82) is 0 Å². The van der Waals surface area contributed by atoms with Crippen LogP contribution in [0.25, 0.3) is 0 Å². The Balaban J connectivity index is 4.51. The molecule has 0 fully saturated rings. The molecule has 1 aromatic rings. The Morgan fingerprint density at radius 1 is 0.444 bits per heavy atom. The molecule has 206 valence electrons. The Kier molecular flexibility index (Phi) is 11.4. The van der Waals surface area contributed by atoms with E-state index < -0.39 is 48.4 Å². The molecule has 36 heavy (non-hydrogen) atoms. The summed E-state index contributed by atoms with van der Waals surface area (Å²) in [5.74, 6) is 0. The zero-order valence-corrected chi connectivity index (χ0v) is 36.7. The molecule has 0 aliphatic rings. The van der Waals surface area contributed by atoms with E-state index in [1.54, 1.807) is 22.2 Å². The summed E-state index contributed by atoms with van der Waals surface area (Å²) >= 11 is 7.17. The summed E-state index contributed by atoms with van der Waals surface area (Å²) in [5, 5.41) is 2.30. The van der Waals surface area contributed by atoms with Crippen LogP contribution in [0.15, 0.2) is 12.1 Å². The van der Waals surface area contributed by atoms with Crippen molar-refractivity contribution < 1.29 is 0 Å². The van der Waals surface area contributed by atoms with Gasteiger partial charge in [-0.25, -0.2) is 0 Å². The molecule has 1 rings (SSSR count). The van der Waals surface area contributed by atoms with Gasteiger partial charge in [0, 0.05) is 0 Å². The van der Waals surface area contributed by atoms with E-state index in [4.69, 9.17) is 0 Å². The molecule has 9 heteroatoms. The summed E-state index contributed by atoms with van der Waals surface area (Å²) in [4.78, 5) is 0. The minimum atomic E-state index is -1.46. The number of hydrogen-bond acceptors (Lipinski definition) is 0. The first-order valence-electron chi connectivity index (χ1n) is 14.0. The fraction of sp³-hybridized carbons (Fsp3) is 0.778. The number of hydrogen-bond donors (Lipinski definition) is 0. The molecule has 0 nitrogen and oxygen atoms in total. The standard InChI is InChI=1S/C27H59BSe2Si6/c1-31(2,3)25(32(4,5)6)21-19-22(26(33(7,8)9)34(10,11)12)24(28(29)30)23(20-21)27(35(13,14)15)36(16,17)18/h19-20,25-27H,1-18H3. The van der Waals surface area contributed by atoms with Gasteiger partial charge in [-0.3, -0.25) is 0 Å². The van der Waals surface area contributed by atoms with Crippen LogP contribution in [0.3, 0.4) is 0 Å². The molecule has 0 unspecified atom stereocenters. The van der Waals surface area contributed by atoms with E-state index in [0.29, 0.717) is 4.34 Å². The van der Waals surface area contributed by atoms with Crippen molar-refractivity contribution in [3.8, 4) is 0 Å². The van der Waals surface area contributed by atoms with E-state index in [9.17, 15) is 0 Å². The van der Waals surface area contributed by atoms with Gasteiger partial charge in [-0.2, -0.15) is 0 Å². The predicted molar refractivity (Wildman–Crippen MR) is 192 cm³/mol. The average molecular weight is 721 g/mol. The van der Waals surface area contributed by atoms with Gasteiger partial charge in [0.1, 0.15) is 0 Å². The van der Waals surface area contributed by atoms with Crippen molar-refractivity contribution in [3.05, 3.63) is 28.8 Å². The Morgan fingerprint density at radius 3 is 0.833 bits per heavy atom. The molecule has 0 aliphatic carbocycles. The molecule has 0 bridgehead atoms. The Bertz CT molecular complexity index is 812. The normalized spacial score (nSPS) is 14.9. The molecule has 0 heterocycles. The SMILES string of the molecule is C[Si](C)(C)C(c1cc(C([Si](C)(C)C)[Si](C)(C)C)c(B([Se])[Se])c(C([Si](C)(C)C)[Si](C)(C)C)c1)[Si](C)(C)C. The molecule has 0 amide bonds. The van der Waals surface area contributed by atoms with Crippen molar-refractivity contribution in [1.82, 2.24) is 0 Å². The van der Waals surface area contributed by atoms with E-state index in [0.717, 1.165) is 15.5 Å². The van der Waals surface area contributed by atoms with Crippen LogP contribution >= 0.6 is 0 Å². The van der Waals surface area contributed by atoms with Crippen LogP contribution in [-0.4, -0.2) is 84.5 Å². The van der Waals surface area contributed by atoms with Crippen molar-refractivity contribution in [2.45, 2.75) is 133 Å². The van der Waals surface area contributed by atoms with Crippen molar-refractivity contribution in [2.24, 2.45) is 0 Å². The maximum absolute atomic E-state index is 3.59. The second-order valence-corrected chi connectivity index (χ2v) is 55.0. The second-order valence-electron chi connectivity index (χ2n) is 17.9. The van der Waals surface area contributed by atoms with E-state index in [1.807, 2.05) is 0 Å². The summed E-state index contributed by atoms with van der Waals surface area (Å²) in [6, 6.07) is 5.60. The molecule has 0 aliphatic heterocycles. The number of benzene rings is 1. The fourth-order valence-corrected chi connectivity index (χ4v) is 47.7. The van der Waals surface area contributed by atoms with Gasteiger partial charge in [-0.15, -0.1) is 0 Å². The van der Waals surface area contributed by atoms with E-state index >= 15 is 0 Å². The molecule has 0 aromatic heterocycles. The first-order valence-corrected chi connectivity index (χ1v) is 37.5. The van der Waals surface area contributed by atoms with Crippen LogP contribution in [0.1, 0.15) is 32.2 Å². The Labute approximate surface area is 250 Å². The van der Waals surface area contributed by atoms with Gasteiger partial charge < -0.3 is 0 Å². The molecule has 2 radical (unpaired) electrons. The third-order valence-corrected chi connectivity index (χ3v) is 36.5. The molecule has 0 atom stereocenters. The van der Waals surface area contributed by atoms with Gasteiger partial charge in [-0.1, -0.05) is 0 Å². The third-order valence-electron chi connectivity index (χ3n) is 7.65. The molecule has 0 N–H and O–H groups in total. The number of rotatable bonds is 10. The average Bonchev–Trinajstić information content (AvgIpc) is 2.44. The molecular weight excluding hydrogens is 662 g/mol. The summed E-state index contributed by atoms with van der Waals surface area (Å²) in [5.41, 5.74) is 6.91. The molecule has 0 saturated heterocycles. The van der Waals surface area contributed by atoms with Crippen LogP contribution in [-0.2, 0) is 0 Å². The summed E-state index contributed by atoms with van der Waals surface area (Å²) in [7, 11) is -8.67. The van der Waals surface area contributed by atoms with Crippen molar-refractivity contribution >= 4 is 89.9 Å². The summed E-state index contributed by atoms with van der Waals surface area (Å²) in [6.07, 6.45) is 0. The second kappa shape index (κ2) is 11.5. The van der Waals surface area contributed by atoms with Gasteiger partial charge in [0.2, 0.25) is 0 Å². The van der Waals surface area contributed by atoms with Crippen LogP contribution in [0.4, 0.5) is 0 Å². The zero-order chi connectivity index (χ0) is 29.0. The fourth-order valence-electron chi connectivity index (χ4n) is 8.40. The van der Waals surface area contributed by atoms with E-state index in [2.05, 4.69) is 162 Å². The first-order chi connectivity index (χ1) is 15.5. The summed E-state index contributed by atoms with van der Waals surface area (Å²) in [6.45, 7) is 47.5. The Hall–Kier alpha value is 1.63. The van der Waals surface area contributed by atoms with Gasteiger partial charge in [0.15, 0.2) is 0 Å². The zero-order valence-electron chi connectivity index (χ0n) is 27.3. The van der Waals surface area contributed by atoms with Gasteiger partial charge in [0.05, 0.1) is 0 Å². The molecule has 1 aromatic carbocycles. The van der Waals surface area contributed by atoms with E-state index in [-0.39, 0.29) is 0 Å². The van der Waals surface area contributed by atoms with E-state index in [1.165, 1.54) is 0 Å². The minimum absolute atomic E-state index is 0.340. The predicted octanol–water partition coefficient (Wildman–Crippen LogP) is 8.23. The van der Waals surface area contributed by atoms with Gasteiger partial charge in [0.25, 0.3) is 0 Å². The molecular formula is C27H59BSe2Si6. The quantitative estimate of drug-likeness (QED) is 0.214. The van der Waals surface area contributed by atoms with Gasteiger partial charge in [-0.05, 0) is 0 Å². The monoisotopic (exact) mass is 722 g/mol. The Morgan fingerprint density at radius 2 is 0.667 bits per heavy atom. The first kappa shape index (κ1) is 35.7. The van der Waals surface area contributed by atoms with Crippen LogP contribution < -0.4 is 5.46 Å². The molecule has 0 spiro atoms. The van der Waals surface area contributed by atoms with Crippen LogP contribution in [0.5, 0.6) is 0 Å². The molecule has 0 saturated carbocycles.